The Morgan fingerprint density at radius 2 is 2.00 bits per heavy atom. The molecule has 1 aliphatic rings. The van der Waals surface area contributed by atoms with Gasteiger partial charge in [0.15, 0.2) is 0 Å². The first kappa shape index (κ1) is 15.6. The molecule has 1 aromatic carbocycles. The fourth-order valence-electron chi connectivity index (χ4n) is 2.18. The summed E-state index contributed by atoms with van der Waals surface area (Å²) in [5, 5.41) is 2.79. The van der Waals surface area contributed by atoms with Crippen molar-refractivity contribution in [1.82, 2.24) is 10.2 Å². The molecule has 4 nitrogen and oxygen atoms in total. The lowest BCUT2D eigenvalue weighted by Crippen LogP contribution is -2.38. The van der Waals surface area contributed by atoms with E-state index >= 15 is 0 Å². The van der Waals surface area contributed by atoms with E-state index in [9.17, 15) is 18.0 Å². The van der Waals surface area contributed by atoms with Crippen LogP contribution in [0.3, 0.4) is 0 Å². The number of rotatable bonds is 5. The molecule has 1 heterocycles. The van der Waals surface area contributed by atoms with E-state index in [-0.39, 0.29) is 6.54 Å². The molecule has 0 saturated carbocycles. The molecule has 21 heavy (non-hydrogen) atoms. The number of ether oxygens (including phenoxy) is 1. The van der Waals surface area contributed by atoms with Gasteiger partial charge in [0, 0.05) is 0 Å². The average molecular weight is 302 g/mol. The first-order valence-electron chi connectivity index (χ1n) is 6.73. The Labute approximate surface area is 120 Å². The van der Waals surface area contributed by atoms with Gasteiger partial charge in [-0.1, -0.05) is 19.1 Å². The second kappa shape index (κ2) is 6.34. The maximum absolute atomic E-state index is 12.5. The zero-order valence-electron chi connectivity index (χ0n) is 11.6. The van der Waals surface area contributed by atoms with Crippen LogP contribution in [-0.4, -0.2) is 36.7 Å². The Kier molecular flexibility index (Phi) is 4.72. The normalized spacial score (nSPS) is 19.1. The van der Waals surface area contributed by atoms with Gasteiger partial charge in [-0.2, -0.15) is 13.2 Å². The Bertz CT molecular complexity index is 488. The zero-order chi connectivity index (χ0) is 15.5. The van der Waals surface area contributed by atoms with Gasteiger partial charge in [0.2, 0.25) is 5.91 Å². The summed E-state index contributed by atoms with van der Waals surface area (Å²) in [5.74, 6) is 0.107. The molecule has 1 aliphatic heterocycles. The average Bonchev–Trinajstić information content (AvgIpc) is 2.77. The summed E-state index contributed by atoms with van der Waals surface area (Å²) < 4.78 is 43.0. The minimum absolute atomic E-state index is 0.0885. The highest BCUT2D eigenvalue weighted by Gasteiger charge is 2.40. The third-order valence-electron chi connectivity index (χ3n) is 3.10. The topological polar surface area (TPSA) is 41.6 Å². The van der Waals surface area contributed by atoms with E-state index < -0.39 is 24.8 Å². The molecule has 1 saturated heterocycles. The number of nitrogens with zero attached hydrogens (tertiary/aromatic N) is 1. The van der Waals surface area contributed by atoms with Gasteiger partial charge in [-0.05, 0) is 24.1 Å². The fraction of sp³-hybridized carbons (Fsp3) is 0.500. The molecule has 2 rings (SSSR count). The largest absolute Gasteiger partial charge is 0.494 e. The number of carbonyl (C=O) groups excluding carboxylic acids is 1. The van der Waals surface area contributed by atoms with Crippen molar-refractivity contribution in [2.45, 2.75) is 25.7 Å². The van der Waals surface area contributed by atoms with Crippen LogP contribution in [0.5, 0.6) is 5.75 Å². The van der Waals surface area contributed by atoms with Crippen molar-refractivity contribution in [2.24, 2.45) is 0 Å². The third-order valence-corrected chi connectivity index (χ3v) is 3.10. The number of hydrogen-bond acceptors (Lipinski definition) is 3. The van der Waals surface area contributed by atoms with Crippen LogP contribution in [0.25, 0.3) is 0 Å². The third kappa shape index (κ3) is 4.10. The molecule has 0 radical (unpaired) electrons. The SMILES string of the molecule is CCCOc1ccc(C2NCC(=O)N2CC(F)(F)F)cc1. The first-order valence-corrected chi connectivity index (χ1v) is 6.73. The molecule has 0 spiro atoms. The van der Waals surface area contributed by atoms with E-state index in [1.807, 2.05) is 6.92 Å². The van der Waals surface area contributed by atoms with Crippen LogP contribution in [0.1, 0.15) is 25.1 Å². The Morgan fingerprint density at radius 1 is 1.33 bits per heavy atom. The second-order valence-corrected chi connectivity index (χ2v) is 4.84. The molecule has 1 unspecified atom stereocenters. The fourth-order valence-corrected chi connectivity index (χ4v) is 2.18. The monoisotopic (exact) mass is 302 g/mol. The van der Waals surface area contributed by atoms with E-state index in [4.69, 9.17) is 4.74 Å². The van der Waals surface area contributed by atoms with Crippen LogP contribution in [0.2, 0.25) is 0 Å². The van der Waals surface area contributed by atoms with Gasteiger partial charge in [0.05, 0.1) is 13.2 Å². The van der Waals surface area contributed by atoms with Crippen LogP contribution in [0.15, 0.2) is 24.3 Å². The summed E-state index contributed by atoms with van der Waals surface area (Å²) >= 11 is 0. The van der Waals surface area contributed by atoms with Crippen LogP contribution in [-0.2, 0) is 4.79 Å². The molecule has 1 aromatic rings. The summed E-state index contributed by atoms with van der Waals surface area (Å²) in [6.45, 7) is 1.23. The maximum Gasteiger partial charge on any atom is 0.406 e. The number of alkyl halides is 3. The van der Waals surface area contributed by atoms with Gasteiger partial charge in [0.1, 0.15) is 18.5 Å². The molecular weight excluding hydrogens is 285 g/mol. The van der Waals surface area contributed by atoms with Gasteiger partial charge in [0.25, 0.3) is 0 Å². The van der Waals surface area contributed by atoms with Gasteiger partial charge in [-0.15, -0.1) is 0 Å². The Hall–Kier alpha value is -1.76. The minimum atomic E-state index is -4.41. The lowest BCUT2D eigenvalue weighted by atomic mass is 10.1. The number of amides is 1. The van der Waals surface area contributed by atoms with Crippen molar-refractivity contribution in [3.63, 3.8) is 0 Å². The van der Waals surface area contributed by atoms with Crippen molar-refractivity contribution >= 4 is 5.91 Å². The van der Waals surface area contributed by atoms with Crippen LogP contribution in [0.4, 0.5) is 13.2 Å². The maximum atomic E-state index is 12.5. The standard InChI is InChI=1S/C14H17F3N2O2/c1-2-7-21-11-5-3-10(4-6-11)13-18-8-12(20)19(13)9-14(15,16)17/h3-6,13,18H,2,7-9H2,1H3. The molecule has 1 amide bonds. The number of halogens is 3. The summed E-state index contributed by atoms with van der Waals surface area (Å²) in [5.41, 5.74) is 0.606. The summed E-state index contributed by atoms with van der Waals surface area (Å²) in [6.07, 6.45) is -4.29. The van der Waals surface area contributed by atoms with E-state index in [0.29, 0.717) is 17.9 Å². The Balaban J connectivity index is 2.10. The van der Waals surface area contributed by atoms with Crippen molar-refractivity contribution in [3.8, 4) is 5.75 Å². The van der Waals surface area contributed by atoms with Crippen molar-refractivity contribution < 1.29 is 22.7 Å². The number of nitrogens with one attached hydrogen (secondary N) is 1. The van der Waals surface area contributed by atoms with Gasteiger partial charge >= 0.3 is 6.18 Å². The van der Waals surface area contributed by atoms with E-state index in [0.717, 1.165) is 11.3 Å². The number of hydrogen-bond donors (Lipinski definition) is 1. The summed E-state index contributed by atoms with van der Waals surface area (Å²) in [6, 6.07) is 6.73. The van der Waals surface area contributed by atoms with Crippen LogP contribution >= 0.6 is 0 Å². The molecule has 0 aliphatic carbocycles. The highest BCUT2D eigenvalue weighted by Crippen LogP contribution is 2.28. The second-order valence-electron chi connectivity index (χ2n) is 4.84. The van der Waals surface area contributed by atoms with E-state index in [1.165, 1.54) is 0 Å². The quantitative estimate of drug-likeness (QED) is 0.908. The molecule has 1 N–H and O–H groups in total. The van der Waals surface area contributed by atoms with Crippen molar-refractivity contribution in [3.05, 3.63) is 29.8 Å². The predicted octanol–water partition coefficient (Wildman–Crippen LogP) is 2.47. The van der Waals surface area contributed by atoms with Gasteiger partial charge in [-0.25, -0.2) is 0 Å². The first-order chi connectivity index (χ1) is 9.90. The van der Waals surface area contributed by atoms with Gasteiger partial charge < -0.3 is 9.64 Å². The molecule has 0 bridgehead atoms. The lowest BCUT2D eigenvalue weighted by Gasteiger charge is -2.25. The molecule has 1 atom stereocenters. The molecular formula is C14H17F3N2O2. The van der Waals surface area contributed by atoms with Crippen LogP contribution < -0.4 is 10.1 Å². The van der Waals surface area contributed by atoms with Crippen molar-refractivity contribution in [2.75, 3.05) is 19.7 Å². The lowest BCUT2D eigenvalue weighted by molar-refractivity contribution is -0.161. The number of benzene rings is 1. The molecule has 116 valence electrons. The van der Waals surface area contributed by atoms with Gasteiger partial charge in [-0.3, -0.25) is 10.1 Å². The molecule has 0 aromatic heterocycles. The van der Waals surface area contributed by atoms with Crippen LogP contribution in [0, 0.1) is 0 Å². The molecule has 7 heteroatoms. The Morgan fingerprint density at radius 3 is 2.57 bits per heavy atom. The molecule has 1 fully saturated rings. The van der Waals surface area contributed by atoms with E-state index in [1.54, 1.807) is 24.3 Å². The van der Waals surface area contributed by atoms with Crippen molar-refractivity contribution in [1.29, 1.82) is 0 Å². The predicted molar refractivity (Wildman–Crippen MR) is 70.7 cm³/mol. The zero-order valence-corrected chi connectivity index (χ0v) is 11.6. The highest BCUT2D eigenvalue weighted by molar-refractivity contribution is 5.81. The summed E-state index contributed by atoms with van der Waals surface area (Å²) in [7, 11) is 0. The highest BCUT2D eigenvalue weighted by atomic mass is 19.4. The minimum Gasteiger partial charge on any atom is -0.494 e. The number of carbonyl (C=O) groups is 1. The summed E-state index contributed by atoms with van der Waals surface area (Å²) in [4.78, 5) is 12.4. The van der Waals surface area contributed by atoms with E-state index in [2.05, 4.69) is 5.32 Å². The smallest absolute Gasteiger partial charge is 0.406 e.